The number of nitrogens with one attached hydrogen (secondary N) is 2. The lowest BCUT2D eigenvalue weighted by atomic mass is 9.96. The summed E-state index contributed by atoms with van der Waals surface area (Å²) in [5.74, 6) is 3.93. The summed E-state index contributed by atoms with van der Waals surface area (Å²) in [6.45, 7) is 10.4. The third kappa shape index (κ3) is 3.39. The second-order valence-electron chi connectivity index (χ2n) is 6.09. The molecule has 6 nitrogen and oxygen atoms in total. The lowest BCUT2D eigenvalue weighted by molar-refractivity contribution is 0.547. The summed E-state index contributed by atoms with van der Waals surface area (Å²) in [6, 6.07) is 0. The number of nitrogens with zero attached hydrogens (tertiary/aromatic N) is 4. The van der Waals surface area contributed by atoms with Gasteiger partial charge in [-0.1, -0.05) is 27.7 Å². The molecule has 0 aliphatic rings. The first kappa shape index (κ1) is 13.7. The quantitative estimate of drug-likeness (QED) is 0.885. The maximum Gasteiger partial charge on any atom is 0.150 e. The summed E-state index contributed by atoms with van der Waals surface area (Å²) in [4.78, 5) is 7.71. The highest BCUT2D eigenvalue weighted by atomic mass is 15.2. The van der Waals surface area contributed by atoms with E-state index < -0.39 is 0 Å². The molecular formula is C13H22N6. The minimum absolute atomic E-state index is 0.0128. The average molecular weight is 262 g/mol. The molecule has 0 bridgehead atoms. The second kappa shape index (κ2) is 5.11. The molecule has 2 N–H and O–H groups in total. The smallest absolute Gasteiger partial charge is 0.150 e. The van der Waals surface area contributed by atoms with Crippen molar-refractivity contribution in [2.45, 2.75) is 58.8 Å². The van der Waals surface area contributed by atoms with Crippen molar-refractivity contribution in [2.75, 3.05) is 0 Å². The molecule has 2 heterocycles. The standard InChI is InChI=1S/C13H22N6/c1-8(11-14-9(2)16-18-11)6-7-10-15-12(19-17-10)13(3,4)5/h8H,6-7H2,1-5H3,(H,14,16,18)(H,15,17,19). The summed E-state index contributed by atoms with van der Waals surface area (Å²) in [5.41, 5.74) is 0.0128. The van der Waals surface area contributed by atoms with Crippen molar-refractivity contribution in [1.29, 1.82) is 0 Å². The summed E-state index contributed by atoms with van der Waals surface area (Å²) < 4.78 is 0. The van der Waals surface area contributed by atoms with E-state index in [1.165, 1.54) is 0 Å². The molecule has 0 amide bonds. The van der Waals surface area contributed by atoms with E-state index in [1.807, 2.05) is 6.92 Å². The Kier molecular flexibility index (Phi) is 3.68. The first-order chi connectivity index (χ1) is 8.86. The van der Waals surface area contributed by atoms with E-state index >= 15 is 0 Å². The van der Waals surface area contributed by atoms with Gasteiger partial charge in [-0.05, 0) is 13.3 Å². The monoisotopic (exact) mass is 262 g/mol. The highest BCUT2D eigenvalue weighted by Gasteiger charge is 2.19. The minimum atomic E-state index is 0.0128. The van der Waals surface area contributed by atoms with E-state index in [0.717, 1.165) is 36.1 Å². The lowest BCUT2D eigenvalue weighted by Gasteiger charge is -2.12. The van der Waals surface area contributed by atoms with Crippen LogP contribution in [0.4, 0.5) is 0 Å². The third-order valence-corrected chi connectivity index (χ3v) is 3.13. The Balaban J connectivity index is 1.94. The molecular weight excluding hydrogens is 240 g/mol. The highest BCUT2D eigenvalue weighted by molar-refractivity contribution is 5.03. The van der Waals surface area contributed by atoms with Gasteiger partial charge in [0, 0.05) is 17.8 Å². The molecule has 2 aromatic rings. The Morgan fingerprint density at radius 2 is 1.95 bits per heavy atom. The molecule has 1 unspecified atom stereocenters. The molecule has 0 radical (unpaired) electrons. The highest BCUT2D eigenvalue weighted by Crippen LogP contribution is 2.20. The Bertz CT molecular complexity index is 533. The van der Waals surface area contributed by atoms with Crippen molar-refractivity contribution in [3.63, 3.8) is 0 Å². The SMILES string of the molecule is Cc1nnc(C(C)CCc2n[nH]c(C(C)(C)C)n2)[nH]1. The van der Waals surface area contributed by atoms with Crippen LogP contribution in [0.3, 0.4) is 0 Å². The number of hydrogen-bond acceptors (Lipinski definition) is 4. The molecule has 104 valence electrons. The Morgan fingerprint density at radius 3 is 2.47 bits per heavy atom. The number of hydrogen-bond donors (Lipinski definition) is 2. The van der Waals surface area contributed by atoms with E-state index in [-0.39, 0.29) is 5.41 Å². The van der Waals surface area contributed by atoms with Gasteiger partial charge in [0.1, 0.15) is 17.5 Å². The van der Waals surface area contributed by atoms with Gasteiger partial charge in [0.2, 0.25) is 0 Å². The zero-order valence-corrected chi connectivity index (χ0v) is 12.3. The topological polar surface area (TPSA) is 83.1 Å². The maximum atomic E-state index is 4.54. The van der Waals surface area contributed by atoms with Crippen molar-refractivity contribution < 1.29 is 0 Å². The van der Waals surface area contributed by atoms with Crippen LogP contribution in [0.15, 0.2) is 0 Å². The van der Waals surface area contributed by atoms with Crippen molar-refractivity contribution in [1.82, 2.24) is 30.4 Å². The number of aromatic nitrogens is 6. The first-order valence-corrected chi connectivity index (χ1v) is 6.67. The van der Waals surface area contributed by atoms with Crippen molar-refractivity contribution >= 4 is 0 Å². The predicted octanol–water partition coefficient (Wildman–Crippen LogP) is 2.27. The van der Waals surface area contributed by atoms with E-state index in [0.29, 0.717) is 5.92 Å². The molecule has 2 rings (SSSR count). The van der Waals surface area contributed by atoms with Gasteiger partial charge in [0.05, 0.1) is 0 Å². The van der Waals surface area contributed by atoms with Crippen LogP contribution in [0.2, 0.25) is 0 Å². The minimum Gasteiger partial charge on any atom is -0.329 e. The molecule has 2 aromatic heterocycles. The molecule has 6 heteroatoms. The largest absolute Gasteiger partial charge is 0.329 e. The summed E-state index contributed by atoms with van der Waals surface area (Å²) >= 11 is 0. The van der Waals surface area contributed by atoms with Crippen LogP contribution in [-0.2, 0) is 11.8 Å². The summed E-state index contributed by atoms with van der Waals surface area (Å²) in [7, 11) is 0. The number of H-pyrrole nitrogens is 2. The van der Waals surface area contributed by atoms with Crippen LogP contribution in [0.25, 0.3) is 0 Å². The van der Waals surface area contributed by atoms with Crippen LogP contribution in [-0.4, -0.2) is 30.4 Å². The number of aryl methyl sites for hydroxylation is 2. The molecule has 0 aliphatic carbocycles. The fraction of sp³-hybridized carbons (Fsp3) is 0.692. The van der Waals surface area contributed by atoms with Gasteiger partial charge in [-0.2, -0.15) is 5.10 Å². The number of aromatic amines is 2. The lowest BCUT2D eigenvalue weighted by Crippen LogP contribution is -2.13. The van der Waals surface area contributed by atoms with Gasteiger partial charge in [0.25, 0.3) is 0 Å². The van der Waals surface area contributed by atoms with E-state index in [9.17, 15) is 0 Å². The van der Waals surface area contributed by atoms with Gasteiger partial charge >= 0.3 is 0 Å². The van der Waals surface area contributed by atoms with Gasteiger partial charge in [0.15, 0.2) is 5.82 Å². The van der Waals surface area contributed by atoms with Crippen LogP contribution in [0.1, 0.15) is 63.3 Å². The van der Waals surface area contributed by atoms with Crippen LogP contribution >= 0.6 is 0 Å². The van der Waals surface area contributed by atoms with Crippen molar-refractivity contribution in [3.05, 3.63) is 23.3 Å². The summed E-state index contributed by atoms with van der Waals surface area (Å²) in [5, 5.41) is 15.4. The van der Waals surface area contributed by atoms with Crippen LogP contribution < -0.4 is 0 Å². The van der Waals surface area contributed by atoms with Gasteiger partial charge in [-0.3, -0.25) is 5.10 Å². The fourth-order valence-corrected chi connectivity index (χ4v) is 1.81. The molecule has 0 saturated carbocycles. The molecule has 0 aromatic carbocycles. The third-order valence-electron chi connectivity index (χ3n) is 3.13. The van der Waals surface area contributed by atoms with E-state index in [2.05, 4.69) is 58.1 Å². The molecule has 0 fully saturated rings. The Labute approximate surface area is 113 Å². The zero-order valence-electron chi connectivity index (χ0n) is 12.3. The molecule has 19 heavy (non-hydrogen) atoms. The van der Waals surface area contributed by atoms with Crippen LogP contribution in [0.5, 0.6) is 0 Å². The molecule has 0 aliphatic heterocycles. The first-order valence-electron chi connectivity index (χ1n) is 6.67. The normalized spacial score (nSPS) is 13.7. The molecule has 0 spiro atoms. The number of rotatable bonds is 4. The molecule has 0 saturated heterocycles. The van der Waals surface area contributed by atoms with E-state index in [1.54, 1.807) is 0 Å². The molecule has 1 atom stereocenters. The van der Waals surface area contributed by atoms with Gasteiger partial charge in [-0.25, -0.2) is 4.98 Å². The van der Waals surface area contributed by atoms with Crippen LogP contribution in [0, 0.1) is 6.92 Å². The predicted molar refractivity (Wildman–Crippen MR) is 72.9 cm³/mol. The zero-order chi connectivity index (χ0) is 14.0. The van der Waals surface area contributed by atoms with Gasteiger partial charge in [-0.15, -0.1) is 10.2 Å². The van der Waals surface area contributed by atoms with Gasteiger partial charge < -0.3 is 4.98 Å². The second-order valence-corrected chi connectivity index (χ2v) is 6.09. The fourth-order valence-electron chi connectivity index (χ4n) is 1.81. The summed E-state index contributed by atoms with van der Waals surface area (Å²) in [6.07, 6.45) is 1.80. The Hall–Kier alpha value is -1.72. The van der Waals surface area contributed by atoms with Crippen molar-refractivity contribution in [3.8, 4) is 0 Å². The average Bonchev–Trinajstić information content (AvgIpc) is 2.93. The van der Waals surface area contributed by atoms with Crippen molar-refractivity contribution in [2.24, 2.45) is 0 Å². The Morgan fingerprint density at radius 1 is 1.21 bits per heavy atom. The maximum absolute atomic E-state index is 4.54. The van der Waals surface area contributed by atoms with E-state index in [4.69, 9.17) is 0 Å².